The fraction of sp³-hybridized carbons (Fsp3) is 0.143. The van der Waals surface area contributed by atoms with Gasteiger partial charge in [-0.25, -0.2) is 28.1 Å². The minimum Gasteiger partial charge on any atom is -0.302 e. The maximum absolute atomic E-state index is 14.2. The first kappa shape index (κ1) is 14.2. The number of aryl methyl sites for hydroxylation is 1. The van der Waals surface area contributed by atoms with Gasteiger partial charge < -0.3 is 4.57 Å². The number of hydrogen-bond acceptors (Lipinski definition) is 4. The number of halogens is 3. The molecule has 0 fully saturated rings. The van der Waals surface area contributed by atoms with E-state index < -0.39 is 12.2 Å². The van der Waals surface area contributed by atoms with Crippen molar-refractivity contribution in [3.8, 4) is 11.4 Å². The summed E-state index contributed by atoms with van der Waals surface area (Å²) < 4.78 is 40.3. The molecule has 0 amide bonds. The van der Waals surface area contributed by atoms with E-state index in [1.54, 1.807) is 0 Å². The fourth-order valence-corrected chi connectivity index (χ4v) is 1.99. The molecule has 0 aliphatic rings. The Kier molecular flexibility index (Phi) is 3.36. The van der Waals surface area contributed by atoms with Gasteiger partial charge in [-0.05, 0) is 12.1 Å². The van der Waals surface area contributed by atoms with Gasteiger partial charge in [-0.15, -0.1) is 0 Å². The van der Waals surface area contributed by atoms with Crippen LogP contribution >= 0.6 is 0 Å². The van der Waals surface area contributed by atoms with Gasteiger partial charge in [0.15, 0.2) is 5.82 Å². The molecule has 0 spiro atoms. The van der Waals surface area contributed by atoms with E-state index in [2.05, 4.69) is 15.0 Å². The lowest BCUT2D eigenvalue weighted by Crippen LogP contribution is -2.17. The molecule has 0 unspecified atom stereocenters. The van der Waals surface area contributed by atoms with Crippen LogP contribution < -0.4 is 5.56 Å². The summed E-state index contributed by atoms with van der Waals surface area (Å²) in [7, 11) is 1.51. The van der Waals surface area contributed by atoms with Gasteiger partial charge in [0, 0.05) is 19.4 Å². The Morgan fingerprint density at radius 2 is 1.82 bits per heavy atom. The second-order valence-electron chi connectivity index (χ2n) is 4.65. The topological polar surface area (TPSA) is 60.7 Å². The second kappa shape index (κ2) is 5.21. The minimum atomic E-state index is -2.69. The van der Waals surface area contributed by atoms with Crippen molar-refractivity contribution in [1.29, 1.82) is 0 Å². The maximum Gasteiger partial charge on any atom is 0.266 e. The summed E-state index contributed by atoms with van der Waals surface area (Å²) in [5, 5.41) is 0.121. The van der Waals surface area contributed by atoms with Gasteiger partial charge in [0.25, 0.3) is 12.0 Å². The molecule has 112 valence electrons. The Bertz CT molecular complexity index is 906. The zero-order valence-electron chi connectivity index (χ0n) is 11.3. The average Bonchev–Trinajstić information content (AvgIpc) is 2.51. The van der Waals surface area contributed by atoms with Gasteiger partial charge in [0.2, 0.25) is 0 Å². The monoisotopic (exact) mass is 306 g/mol. The zero-order valence-corrected chi connectivity index (χ0v) is 11.3. The highest BCUT2D eigenvalue weighted by Gasteiger charge is 2.14. The third kappa shape index (κ3) is 2.32. The van der Waals surface area contributed by atoms with Crippen LogP contribution in [0.25, 0.3) is 22.3 Å². The van der Waals surface area contributed by atoms with Crippen LogP contribution in [-0.4, -0.2) is 19.5 Å². The first-order valence-corrected chi connectivity index (χ1v) is 6.22. The van der Waals surface area contributed by atoms with E-state index in [1.807, 2.05) is 0 Å². The van der Waals surface area contributed by atoms with Crippen molar-refractivity contribution in [2.75, 3.05) is 0 Å². The molecule has 22 heavy (non-hydrogen) atoms. The molecule has 3 aromatic rings. The smallest absolute Gasteiger partial charge is 0.266 e. The van der Waals surface area contributed by atoms with Gasteiger partial charge in [0.05, 0.1) is 28.4 Å². The summed E-state index contributed by atoms with van der Waals surface area (Å²) in [6, 6.07) is 2.37. The van der Waals surface area contributed by atoms with Crippen LogP contribution in [0, 0.1) is 5.82 Å². The molecule has 0 N–H and O–H groups in total. The molecular weight excluding hydrogens is 297 g/mol. The summed E-state index contributed by atoms with van der Waals surface area (Å²) >= 11 is 0. The van der Waals surface area contributed by atoms with Gasteiger partial charge in [-0.1, -0.05) is 0 Å². The van der Waals surface area contributed by atoms with Crippen LogP contribution in [0.4, 0.5) is 13.2 Å². The number of rotatable bonds is 2. The van der Waals surface area contributed by atoms with Gasteiger partial charge >= 0.3 is 0 Å². The third-order valence-electron chi connectivity index (χ3n) is 3.17. The largest absolute Gasteiger partial charge is 0.302 e. The molecule has 0 atom stereocenters. The predicted molar refractivity (Wildman–Crippen MR) is 72.9 cm³/mol. The first-order valence-electron chi connectivity index (χ1n) is 6.22. The first-order chi connectivity index (χ1) is 10.5. The van der Waals surface area contributed by atoms with Crippen molar-refractivity contribution >= 4 is 10.9 Å². The Hall–Kier alpha value is -2.77. The molecule has 5 nitrogen and oxygen atoms in total. The van der Waals surface area contributed by atoms with Crippen molar-refractivity contribution in [1.82, 2.24) is 19.5 Å². The van der Waals surface area contributed by atoms with Crippen LogP contribution in [-0.2, 0) is 7.05 Å². The Morgan fingerprint density at radius 3 is 2.45 bits per heavy atom. The van der Waals surface area contributed by atoms with Crippen molar-refractivity contribution in [3.05, 3.63) is 52.6 Å². The Balaban J connectivity index is 2.17. The number of hydrogen-bond donors (Lipinski definition) is 0. The number of alkyl halides is 2. The molecule has 0 saturated heterocycles. The van der Waals surface area contributed by atoms with Gasteiger partial charge in [0.1, 0.15) is 5.82 Å². The summed E-state index contributed by atoms with van der Waals surface area (Å²) in [5.74, 6) is -0.770. The van der Waals surface area contributed by atoms with Crippen LogP contribution in [0.5, 0.6) is 0 Å². The quantitative estimate of drug-likeness (QED) is 0.730. The molecule has 0 aliphatic carbocycles. The van der Waals surface area contributed by atoms with Gasteiger partial charge in [-0.3, -0.25) is 4.79 Å². The van der Waals surface area contributed by atoms with E-state index in [0.717, 1.165) is 18.5 Å². The van der Waals surface area contributed by atoms with E-state index in [1.165, 1.54) is 24.0 Å². The standard InChI is InChI=1S/C14H9F3N4O/c1-21-6-20-11-3-8(10(15)2-9(11)14(21)22)13-18-4-7(5-19-13)12(16)17/h2-6,12H,1H3. The van der Waals surface area contributed by atoms with E-state index >= 15 is 0 Å². The Labute approximate surface area is 122 Å². The number of benzene rings is 1. The van der Waals surface area contributed by atoms with E-state index in [4.69, 9.17) is 0 Å². The average molecular weight is 306 g/mol. The van der Waals surface area contributed by atoms with Crippen LogP contribution in [0.2, 0.25) is 0 Å². The van der Waals surface area contributed by atoms with E-state index in [9.17, 15) is 18.0 Å². The zero-order chi connectivity index (χ0) is 15.9. The summed E-state index contributed by atoms with van der Waals surface area (Å²) in [5.41, 5.74) is -0.462. The van der Waals surface area contributed by atoms with Gasteiger partial charge in [-0.2, -0.15) is 0 Å². The normalized spacial score (nSPS) is 11.3. The van der Waals surface area contributed by atoms with Crippen LogP contribution in [0.15, 0.2) is 35.6 Å². The minimum absolute atomic E-state index is 0.00549. The second-order valence-corrected chi connectivity index (χ2v) is 4.65. The molecule has 2 aromatic heterocycles. The highest BCUT2D eigenvalue weighted by atomic mass is 19.3. The van der Waals surface area contributed by atoms with Crippen LogP contribution in [0.3, 0.4) is 0 Å². The van der Waals surface area contributed by atoms with Crippen molar-refractivity contribution in [3.63, 3.8) is 0 Å². The van der Waals surface area contributed by atoms with Crippen molar-refractivity contribution in [2.45, 2.75) is 6.43 Å². The summed E-state index contributed by atoms with van der Waals surface area (Å²) in [4.78, 5) is 23.4. The Morgan fingerprint density at radius 1 is 1.14 bits per heavy atom. The number of nitrogens with zero attached hydrogens (tertiary/aromatic N) is 4. The van der Waals surface area contributed by atoms with E-state index in [0.29, 0.717) is 0 Å². The van der Waals surface area contributed by atoms with Crippen molar-refractivity contribution in [2.24, 2.45) is 7.05 Å². The summed E-state index contributed by atoms with van der Waals surface area (Å²) in [6.07, 6.45) is 0.495. The molecule has 8 heteroatoms. The number of aromatic nitrogens is 4. The fourth-order valence-electron chi connectivity index (χ4n) is 1.99. The maximum atomic E-state index is 14.2. The molecule has 0 radical (unpaired) electrons. The molecule has 0 saturated carbocycles. The van der Waals surface area contributed by atoms with E-state index in [-0.39, 0.29) is 33.4 Å². The lowest BCUT2D eigenvalue weighted by molar-refractivity contribution is 0.150. The molecule has 0 aliphatic heterocycles. The molecule has 1 aromatic carbocycles. The predicted octanol–water partition coefficient (Wildman–Crippen LogP) is 2.47. The van der Waals surface area contributed by atoms with Crippen molar-refractivity contribution < 1.29 is 13.2 Å². The number of fused-ring (bicyclic) bond motifs is 1. The summed E-state index contributed by atoms with van der Waals surface area (Å²) in [6.45, 7) is 0. The lowest BCUT2D eigenvalue weighted by Gasteiger charge is -2.06. The molecule has 2 heterocycles. The third-order valence-corrected chi connectivity index (χ3v) is 3.17. The lowest BCUT2D eigenvalue weighted by atomic mass is 10.1. The van der Waals surface area contributed by atoms with Crippen LogP contribution in [0.1, 0.15) is 12.0 Å². The highest BCUT2D eigenvalue weighted by Crippen LogP contribution is 2.24. The molecule has 3 rings (SSSR count). The SMILES string of the molecule is Cn1cnc2cc(-c3ncc(C(F)F)cn3)c(F)cc2c1=O. The highest BCUT2D eigenvalue weighted by molar-refractivity contribution is 5.82. The molecule has 0 bridgehead atoms. The molecular formula is C14H9F3N4O.